The van der Waals surface area contributed by atoms with E-state index < -0.39 is 0 Å². The molecule has 1 fully saturated rings. The molecule has 100 valence electrons. The number of nitrogen functional groups attached to an aromatic ring is 1. The highest BCUT2D eigenvalue weighted by Gasteiger charge is 2.23. The molecule has 2 N–H and O–H groups in total. The molecule has 0 amide bonds. The highest BCUT2D eigenvalue weighted by molar-refractivity contribution is 7.99. The number of hydrogen-bond acceptors (Lipinski definition) is 6. The molecule has 1 aromatic carbocycles. The van der Waals surface area contributed by atoms with Gasteiger partial charge in [-0.2, -0.15) is 16.7 Å². The third kappa shape index (κ3) is 2.46. The van der Waals surface area contributed by atoms with Crippen molar-refractivity contribution >= 4 is 17.4 Å². The zero-order valence-electron chi connectivity index (χ0n) is 10.6. The van der Waals surface area contributed by atoms with Crippen molar-refractivity contribution in [3.63, 3.8) is 0 Å². The molecular weight excluding hydrogens is 262 g/mol. The van der Waals surface area contributed by atoms with Crippen LogP contribution in [-0.2, 0) is 4.74 Å². The molecule has 19 heavy (non-hydrogen) atoms. The van der Waals surface area contributed by atoms with E-state index >= 15 is 0 Å². The minimum atomic E-state index is -0.0820. The van der Waals surface area contributed by atoms with Crippen LogP contribution in [0.1, 0.15) is 17.5 Å². The Bertz CT molecular complexity index is 559. The summed E-state index contributed by atoms with van der Waals surface area (Å²) < 4.78 is 11.0. The average Bonchev–Trinajstić information content (AvgIpc) is 2.89. The van der Waals surface area contributed by atoms with E-state index in [-0.39, 0.29) is 6.10 Å². The van der Waals surface area contributed by atoms with E-state index in [1.165, 1.54) is 0 Å². The number of nitrogens with two attached hydrogens (primary N) is 1. The van der Waals surface area contributed by atoms with Gasteiger partial charge in [0.05, 0.1) is 12.2 Å². The quantitative estimate of drug-likeness (QED) is 0.850. The molecule has 1 aromatic heterocycles. The van der Waals surface area contributed by atoms with Gasteiger partial charge in [0.2, 0.25) is 5.82 Å². The Balaban J connectivity index is 1.92. The second-order valence-electron chi connectivity index (χ2n) is 4.43. The van der Waals surface area contributed by atoms with Gasteiger partial charge in [-0.05, 0) is 18.6 Å². The zero-order chi connectivity index (χ0) is 13.2. The van der Waals surface area contributed by atoms with E-state index in [0.717, 1.165) is 29.2 Å². The van der Waals surface area contributed by atoms with Crippen LogP contribution in [0.4, 0.5) is 5.69 Å². The van der Waals surface area contributed by atoms with E-state index in [1.54, 1.807) is 0 Å². The molecule has 1 aliphatic heterocycles. The highest BCUT2D eigenvalue weighted by Crippen LogP contribution is 2.30. The molecule has 0 radical (unpaired) electrons. The topological polar surface area (TPSA) is 74.2 Å². The van der Waals surface area contributed by atoms with Crippen molar-refractivity contribution in [2.24, 2.45) is 0 Å². The fourth-order valence-electron chi connectivity index (χ4n) is 2.09. The lowest BCUT2D eigenvalue weighted by Gasteiger charge is -2.18. The van der Waals surface area contributed by atoms with Gasteiger partial charge in [0, 0.05) is 17.2 Å². The van der Waals surface area contributed by atoms with Crippen LogP contribution in [0, 0.1) is 6.92 Å². The van der Waals surface area contributed by atoms with Crippen LogP contribution in [0.5, 0.6) is 0 Å². The molecule has 0 bridgehead atoms. The number of aromatic nitrogens is 2. The highest BCUT2D eigenvalue weighted by atomic mass is 32.2. The van der Waals surface area contributed by atoms with Gasteiger partial charge in [-0.3, -0.25) is 0 Å². The maximum Gasteiger partial charge on any atom is 0.260 e. The lowest BCUT2D eigenvalue weighted by atomic mass is 10.1. The zero-order valence-corrected chi connectivity index (χ0v) is 11.4. The smallest absolute Gasteiger partial charge is 0.260 e. The maximum atomic E-state index is 5.98. The number of nitrogens with zero attached hydrogens (tertiary/aromatic N) is 2. The molecule has 2 heterocycles. The second kappa shape index (κ2) is 5.22. The lowest BCUT2D eigenvalue weighted by Crippen LogP contribution is -2.16. The largest absolute Gasteiger partial charge is 0.398 e. The summed E-state index contributed by atoms with van der Waals surface area (Å²) in [4.78, 5) is 4.43. The number of thioether (sulfide) groups is 1. The number of ether oxygens (including phenoxy) is 1. The Morgan fingerprint density at radius 2 is 2.32 bits per heavy atom. The van der Waals surface area contributed by atoms with Crippen LogP contribution >= 0.6 is 11.8 Å². The van der Waals surface area contributed by atoms with Crippen molar-refractivity contribution in [3.8, 4) is 11.5 Å². The van der Waals surface area contributed by atoms with Crippen molar-refractivity contribution in [1.82, 2.24) is 10.1 Å². The first-order valence-electron chi connectivity index (χ1n) is 6.14. The number of hydrogen-bond donors (Lipinski definition) is 1. The summed E-state index contributed by atoms with van der Waals surface area (Å²) in [6, 6.07) is 5.72. The molecule has 3 rings (SSSR count). The van der Waals surface area contributed by atoms with Gasteiger partial charge in [0.15, 0.2) is 0 Å². The Hall–Kier alpha value is -1.53. The van der Waals surface area contributed by atoms with Gasteiger partial charge in [-0.25, -0.2) is 0 Å². The molecule has 0 saturated carbocycles. The number of benzene rings is 1. The minimum Gasteiger partial charge on any atom is -0.398 e. The molecule has 1 aliphatic rings. The lowest BCUT2D eigenvalue weighted by molar-refractivity contribution is 0.0677. The first-order chi connectivity index (χ1) is 9.25. The third-order valence-electron chi connectivity index (χ3n) is 3.06. The van der Waals surface area contributed by atoms with Gasteiger partial charge in [0.25, 0.3) is 5.89 Å². The molecule has 5 nitrogen and oxygen atoms in total. The molecule has 2 aromatic rings. The second-order valence-corrected chi connectivity index (χ2v) is 5.58. The standard InChI is InChI=1S/C13H15N3O2S/c1-8-3-2-4-9(14)11(8)13-15-12(16-18-13)10-7-19-6-5-17-10/h2-4,10H,5-7,14H2,1H3. The van der Waals surface area contributed by atoms with Gasteiger partial charge in [-0.15, -0.1) is 0 Å². The van der Waals surface area contributed by atoms with Crippen LogP contribution < -0.4 is 5.73 Å². The average molecular weight is 277 g/mol. The molecule has 1 saturated heterocycles. The van der Waals surface area contributed by atoms with Crippen molar-refractivity contribution in [2.45, 2.75) is 13.0 Å². The normalized spacial score (nSPS) is 19.5. The Morgan fingerprint density at radius 3 is 3.05 bits per heavy atom. The van der Waals surface area contributed by atoms with Crippen molar-refractivity contribution < 1.29 is 9.26 Å². The number of aryl methyl sites for hydroxylation is 1. The molecule has 6 heteroatoms. The summed E-state index contributed by atoms with van der Waals surface area (Å²) >= 11 is 1.84. The van der Waals surface area contributed by atoms with E-state index in [0.29, 0.717) is 17.4 Å². The van der Waals surface area contributed by atoms with Gasteiger partial charge < -0.3 is 15.0 Å². The molecule has 0 aliphatic carbocycles. The van der Waals surface area contributed by atoms with Crippen molar-refractivity contribution in [3.05, 3.63) is 29.6 Å². The van der Waals surface area contributed by atoms with Crippen LogP contribution in [0.2, 0.25) is 0 Å². The predicted molar refractivity (Wildman–Crippen MR) is 74.9 cm³/mol. The first kappa shape index (κ1) is 12.5. The maximum absolute atomic E-state index is 5.98. The predicted octanol–water partition coefficient (Wildman–Crippen LogP) is 2.43. The van der Waals surface area contributed by atoms with Crippen LogP contribution in [-0.4, -0.2) is 28.3 Å². The van der Waals surface area contributed by atoms with Crippen molar-refractivity contribution in [2.75, 3.05) is 23.8 Å². The Kier molecular flexibility index (Phi) is 3.44. The van der Waals surface area contributed by atoms with E-state index in [9.17, 15) is 0 Å². The fraction of sp³-hybridized carbons (Fsp3) is 0.385. The van der Waals surface area contributed by atoms with E-state index in [1.807, 2.05) is 36.9 Å². The number of anilines is 1. The third-order valence-corrected chi connectivity index (χ3v) is 4.06. The fourth-order valence-corrected chi connectivity index (χ4v) is 2.93. The van der Waals surface area contributed by atoms with Crippen LogP contribution in [0.15, 0.2) is 22.7 Å². The van der Waals surface area contributed by atoms with Gasteiger partial charge in [-0.1, -0.05) is 17.3 Å². The van der Waals surface area contributed by atoms with E-state index in [4.69, 9.17) is 15.0 Å². The molecule has 1 atom stereocenters. The molecular formula is C13H15N3O2S. The Labute approximate surface area is 115 Å². The summed E-state index contributed by atoms with van der Waals surface area (Å²) in [7, 11) is 0. The van der Waals surface area contributed by atoms with Crippen LogP contribution in [0.25, 0.3) is 11.5 Å². The van der Waals surface area contributed by atoms with E-state index in [2.05, 4.69) is 10.1 Å². The summed E-state index contributed by atoms with van der Waals surface area (Å²) in [5.74, 6) is 2.95. The summed E-state index contributed by atoms with van der Waals surface area (Å²) in [5.41, 5.74) is 8.46. The molecule has 1 unspecified atom stereocenters. The monoisotopic (exact) mass is 277 g/mol. The van der Waals surface area contributed by atoms with Gasteiger partial charge >= 0.3 is 0 Å². The SMILES string of the molecule is Cc1cccc(N)c1-c1nc(C2CSCCO2)no1. The summed E-state index contributed by atoms with van der Waals surface area (Å²) in [6.07, 6.45) is -0.0820. The first-order valence-corrected chi connectivity index (χ1v) is 7.29. The summed E-state index contributed by atoms with van der Waals surface area (Å²) in [5, 5.41) is 4.02. The Morgan fingerprint density at radius 1 is 1.42 bits per heavy atom. The number of rotatable bonds is 2. The summed E-state index contributed by atoms with van der Waals surface area (Å²) in [6.45, 7) is 2.70. The van der Waals surface area contributed by atoms with Crippen molar-refractivity contribution in [1.29, 1.82) is 0 Å². The van der Waals surface area contributed by atoms with Gasteiger partial charge in [0.1, 0.15) is 6.10 Å². The van der Waals surface area contributed by atoms with Crippen LogP contribution in [0.3, 0.4) is 0 Å². The molecule has 0 spiro atoms. The minimum absolute atomic E-state index is 0.0820.